The van der Waals surface area contributed by atoms with Crippen molar-refractivity contribution in [3.8, 4) is 0 Å². The van der Waals surface area contributed by atoms with Crippen LogP contribution in [0, 0.1) is 5.92 Å². The van der Waals surface area contributed by atoms with E-state index in [1.54, 1.807) is 0 Å². The Balaban J connectivity index is 1.30. The Labute approximate surface area is 162 Å². The molecule has 27 heavy (non-hydrogen) atoms. The molecule has 2 aliphatic rings. The van der Waals surface area contributed by atoms with Crippen LogP contribution < -0.4 is 0 Å². The predicted molar refractivity (Wildman–Crippen MR) is 107 cm³/mol. The number of β-amino-alcohol motifs (C(OH)–C–C–N with tert-alkyl or cyclic N) is 1. The van der Waals surface area contributed by atoms with Gasteiger partial charge in [0.15, 0.2) is 0 Å². The quantitative estimate of drug-likeness (QED) is 0.823. The molecule has 5 heteroatoms. The molecular weight excluding hydrogens is 336 g/mol. The average molecular weight is 369 g/mol. The van der Waals surface area contributed by atoms with Crippen molar-refractivity contribution < 1.29 is 5.11 Å². The van der Waals surface area contributed by atoms with Gasteiger partial charge in [-0.25, -0.2) is 4.98 Å². The molecule has 0 spiro atoms. The largest absolute Gasteiger partial charge is 0.390 e. The molecule has 1 atom stereocenters. The van der Waals surface area contributed by atoms with Crippen molar-refractivity contribution in [3.05, 3.63) is 53.6 Å². The van der Waals surface area contributed by atoms with Gasteiger partial charge in [0, 0.05) is 57.6 Å². The van der Waals surface area contributed by atoms with E-state index in [1.807, 2.05) is 12.3 Å². The number of aliphatic hydroxyl groups is 1. The van der Waals surface area contributed by atoms with Crippen LogP contribution in [0.25, 0.3) is 0 Å². The Kier molecular flexibility index (Phi) is 6.22. The highest BCUT2D eigenvalue weighted by atomic mass is 16.3. The van der Waals surface area contributed by atoms with E-state index in [4.69, 9.17) is 0 Å². The Morgan fingerprint density at radius 2 is 1.70 bits per heavy atom. The molecule has 4 rings (SSSR count). The third-order valence-electron chi connectivity index (χ3n) is 5.95. The number of benzene rings is 1. The number of H-pyrrole nitrogens is 1. The number of aromatic amines is 1. The molecule has 5 nitrogen and oxygen atoms in total. The van der Waals surface area contributed by atoms with Crippen molar-refractivity contribution in [2.75, 3.05) is 26.2 Å². The van der Waals surface area contributed by atoms with Gasteiger partial charge < -0.3 is 10.1 Å². The third-order valence-corrected chi connectivity index (χ3v) is 5.95. The van der Waals surface area contributed by atoms with E-state index < -0.39 is 0 Å². The smallest absolute Gasteiger partial charge is 0.106 e. The molecule has 1 saturated carbocycles. The zero-order chi connectivity index (χ0) is 18.5. The molecule has 2 heterocycles. The minimum absolute atomic E-state index is 0.308. The first-order valence-electron chi connectivity index (χ1n) is 10.4. The molecule has 0 unspecified atom stereocenters. The summed E-state index contributed by atoms with van der Waals surface area (Å²) in [6.45, 7) is 5.16. The summed E-state index contributed by atoms with van der Waals surface area (Å²) in [7, 11) is 0. The molecule has 2 fully saturated rings. The first-order chi connectivity index (χ1) is 13.2. The zero-order valence-electron chi connectivity index (χ0n) is 16.2. The summed E-state index contributed by atoms with van der Waals surface area (Å²) >= 11 is 0. The minimum Gasteiger partial charge on any atom is -0.390 e. The lowest BCUT2D eigenvalue weighted by Gasteiger charge is -2.21. The van der Waals surface area contributed by atoms with Crippen LogP contribution in [0.1, 0.15) is 42.8 Å². The fraction of sp³-hybridized carbons (Fsp3) is 0.591. The first kappa shape index (κ1) is 18.7. The van der Waals surface area contributed by atoms with Gasteiger partial charge in [0.25, 0.3) is 0 Å². The van der Waals surface area contributed by atoms with Gasteiger partial charge >= 0.3 is 0 Å². The van der Waals surface area contributed by atoms with E-state index in [9.17, 15) is 5.11 Å². The Morgan fingerprint density at radius 3 is 2.44 bits per heavy atom. The summed E-state index contributed by atoms with van der Waals surface area (Å²) in [5.41, 5.74) is 2.48. The number of aromatic nitrogens is 2. The Morgan fingerprint density at radius 1 is 1.00 bits per heavy atom. The average Bonchev–Trinajstić information content (AvgIpc) is 3.29. The lowest BCUT2D eigenvalue weighted by Crippen LogP contribution is -2.33. The second-order valence-electron chi connectivity index (χ2n) is 8.32. The number of nitrogens with one attached hydrogen (secondary N) is 1. The maximum atomic E-state index is 10.5. The van der Waals surface area contributed by atoms with Gasteiger partial charge in [0.2, 0.25) is 0 Å². The van der Waals surface area contributed by atoms with Gasteiger partial charge in [-0.3, -0.25) is 9.80 Å². The van der Waals surface area contributed by atoms with Crippen molar-refractivity contribution in [1.29, 1.82) is 0 Å². The maximum Gasteiger partial charge on any atom is 0.106 e. The van der Waals surface area contributed by atoms with E-state index in [-0.39, 0.29) is 6.10 Å². The Hall–Kier alpha value is -1.69. The number of rotatable bonds is 6. The summed E-state index contributed by atoms with van der Waals surface area (Å²) < 4.78 is 0. The molecule has 0 radical (unpaired) electrons. The van der Waals surface area contributed by atoms with Crippen LogP contribution in [0.4, 0.5) is 0 Å². The minimum atomic E-state index is -0.308. The van der Waals surface area contributed by atoms with Crippen molar-refractivity contribution in [1.82, 2.24) is 19.8 Å². The summed E-state index contributed by atoms with van der Waals surface area (Å²) in [6.07, 6.45) is 8.23. The Bertz CT molecular complexity index is 695. The summed E-state index contributed by atoms with van der Waals surface area (Å²) in [4.78, 5) is 12.8. The van der Waals surface area contributed by atoms with Crippen molar-refractivity contribution in [2.24, 2.45) is 5.92 Å². The monoisotopic (exact) mass is 368 g/mol. The van der Waals surface area contributed by atoms with Crippen LogP contribution >= 0.6 is 0 Å². The van der Waals surface area contributed by atoms with E-state index in [0.29, 0.717) is 0 Å². The molecule has 1 aromatic heterocycles. The van der Waals surface area contributed by atoms with Gasteiger partial charge in [-0.1, -0.05) is 56.0 Å². The molecule has 1 saturated heterocycles. The normalized spacial score (nSPS) is 22.9. The zero-order valence-corrected chi connectivity index (χ0v) is 16.2. The molecule has 0 amide bonds. The number of hydrogen-bond donors (Lipinski definition) is 2. The summed E-state index contributed by atoms with van der Waals surface area (Å²) in [5.74, 6) is 1.95. The number of nitrogens with zero attached hydrogens (tertiary/aromatic N) is 3. The van der Waals surface area contributed by atoms with Crippen molar-refractivity contribution >= 4 is 0 Å². The van der Waals surface area contributed by atoms with Gasteiger partial charge in [-0.05, 0) is 11.5 Å². The van der Waals surface area contributed by atoms with E-state index in [1.165, 1.54) is 36.9 Å². The molecular formula is C22H32N4O. The molecule has 146 valence electrons. The fourth-order valence-corrected chi connectivity index (χ4v) is 4.57. The highest BCUT2D eigenvalue weighted by molar-refractivity contribution is 5.14. The number of aliphatic hydroxyl groups excluding tert-OH is 1. The highest BCUT2D eigenvalue weighted by Crippen LogP contribution is 2.27. The third kappa shape index (κ3) is 5.41. The highest BCUT2D eigenvalue weighted by Gasteiger charge is 2.22. The first-order valence-corrected chi connectivity index (χ1v) is 10.4. The van der Waals surface area contributed by atoms with Gasteiger partial charge in [0.1, 0.15) is 5.82 Å². The topological polar surface area (TPSA) is 55.4 Å². The van der Waals surface area contributed by atoms with Gasteiger partial charge in [-0.2, -0.15) is 0 Å². The lowest BCUT2D eigenvalue weighted by molar-refractivity contribution is 0.105. The molecule has 1 aliphatic heterocycles. The molecule has 2 aromatic rings. The predicted octanol–water partition coefficient (Wildman–Crippen LogP) is 2.82. The molecule has 2 N–H and O–H groups in total. The van der Waals surface area contributed by atoms with Crippen molar-refractivity contribution in [2.45, 2.75) is 51.3 Å². The number of imidazole rings is 1. The standard InChI is InChI=1S/C22H32N4O/c27-21-16-25(14-19-8-2-1-3-9-19)10-11-26(17-21)15-20-13-23-22(24-20)12-18-6-4-5-7-18/h1-3,8-9,13,18,21,27H,4-7,10-12,14-17H2,(H,23,24)/t21-/m1/s1. The van der Waals surface area contributed by atoms with E-state index in [2.05, 4.69) is 44.0 Å². The SMILES string of the molecule is O[C@@H]1CN(Cc2ccccc2)CCN(Cc2cnc(CC3CCCC3)[nH]2)C1. The van der Waals surface area contributed by atoms with E-state index >= 15 is 0 Å². The van der Waals surface area contributed by atoms with Gasteiger partial charge in [-0.15, -0.1) is 0 Å². The van der Waals surface area contributed by atoms with Crippen LogP contribution in [-0.4, -0.2) is 57.2 Å². The van der Waals surface area contributed by atoms with Crippen LogP contribution in [-0.2, 0) is 19.5 Å². The maximum absolute atomic E-state index is 10.5. The molecule has 1 aliphatic carbocycles. The molecule has 1 aromatic carbocycles. The lowest BCUT2D eigenvalue weighted by atomic mass is 10.0. The second-order valence-corrected chi connectivity index (χ2v) is 8.32. The van der Waals surface area contributed by atoms with Crippen LogP contribution in [0.2, 0.25) is 0 Å². The van der Waals surface area contributed by atoms with Crippen LogP contribution in [0.3, 0.4) is 0 Å². The molecule has 0 bridgehead atoms. The summed E-state index contributed by atoms with van der Waals surface area (Å²) in [6, 6.07) is 10.5. The summed E-state index contributed by atoms with van der Waals surface area (Å²) in [5, 5.41) is 10.5. The van der Waals surface area contributed by atoms with Crippen LogP contribution in [0.15, 0.2) is 36.5 Å². The van der Waals surface area contributed by atoms with Crippen LogP contribution in [0.5, 0.6) is 0 Å². The van der Waals surface area contributed by atoms with Crippen molar-refractivity contribution in [3.63, 3.8) is 0 Å². The fourth-order valence-electron chi connectivity index (χ4n) is 4.57. The van der Waals surface area contributed by atoms with Gasteiger partial charge in [0.05, 0.1) is 6.10 Å². The second kappa shape index (κ2) is 9.00. The number of hydrogen-bond acceptors (Lipinski definition) is 4. The van der Waals surface area contributed by atoms with E-state index in [0.717, 1.165) is 57.4 Å².